The van der Waals surface area contributed by atoms with Crippen molar-refractivity contribution in [3.05, 3.63) is 0 Å². The van der Waals surface area contributed by atoms with Crippen molar-refractivity contribution >= 4 is 0 Å². The van der Waals surface area contributed by atoms with Crippen LogP contribution in [0.5, 0.6) is 0 Å². The molecule has 0 saturated carbocycles. The summed E-state index contributed by atoms with van der Waals surface area (Å²) in [6.07, 6.45) is 9.87. The number of hydrogen-bond acceptors (Lipinski definition) is 4. The number of ether oxygens (including phenoxy) is 3. The molecule has 0 spiro atoms. The molecule has 1 N–H and O–H groups in total. The Morgan fingerprint density at radius 3 is 1.70 bits per heavy atom. The summed E-state index contributed by atoms with van der Waals surface area (Å²) in [6, 6.07) is 0. The largest absolute Gasteiger partial charge is 0.393 e. The van der Waals surface area contributed by atoms with Crippen molar-refractivity contribution in [1.29, 1.82) is 0 Å². The van der Waals surface area contributed by atoms with Crippen molar-refractivity contribution in [2.75, 3.05) is 0 Å². The minimum atomic E-state index is -0.150. The summed E-state index contributed by atoms with van der Waals surface area (Å²) in [6.45, 7) is 4.16. The Morgan fingerprint density at radius 2 is 1.25 bits per heavy atom. The van der Waals surface area contributed by atoms with Gasteiger partial charge in [-0.15, -0.1) is 0 Å². The SMILES string of the molecule is CC[C@@H](O)CC[C@H]1O[C@H]1CC[C@H]1O[C@H]1CC[C@H]1O[C@H]1C. The van der Waals surface area contributed by atoms with Crippen molar-refractivity contribution in [1.82, 2.24) is 0 Å². The zero-order valence-corrected chi connectivity index (χ0v) is 12.7. The van der Waals surface area contributed by atoms with E-state index in [2.05, 4.69) is 6.92 Å². The van der Waals surface area contributed by atoms with Gasteiger partial charge in [0.25, 0.3) is 0 Å². The zero-order valence-electron chi connectivity index (χ0n) is 12.7. The van der Waals surface area contributed by atoms with Gasteiger partial charge < -0.3 is 19.3 Å². The van der Waals surface area contributed by atoms with Gasteiger partial charge in [-0.25, -0.2) is 0 Å². The maximum absolute atomic E-state index is 9.53. The molecule has 0 amide bonds. The van der Waals surface area contributed by atoms with Crippen molar-refractivity contribution in [3.63, 3.8) is 0 Å². The third-order valence-corrected chi connectivity index (χ3v) is 4.94. The van der Waals surface area contributed by atoms with E-state index in [1.165, 1.54) is 0 Å². The van der Waals surface area contributed by atoms with E-state index >= 15 is 0 Å². The molecule has 3 saturated heterocycles. The van der Waals surface area contributed by atoms with Crippen LogP contribution < -0.4 is 0 Å². The van der Waals surface area contributed by atoms with Crippen molar-refractivity contribution in [2.24, 2.45) is 0 Å². The Labute approximate surface area is 121 Å². The lowest BCUT2D eigenvalue weighted by atomic mass is 10.0. The van der Waals surface area contributed by atoms with Gasteiger partial charge in [0.05, 0.1) is 42.7 Å². The van der Waals surface area contributed by atoms with Crippen LogP contribution in [0.15, 0.2) is 0 Å². The average Bonchev–Trinajstić information content (AvgIpc) is 3.30. The van der Waals surface area contributed by atoms with Crippen molar-refractivity contribution < 1.29 is 19.3 Å². The monoisotopic (exact) mass is 284 g/mol. The second kappa shape index (κ2) is 6.30. The number of aliphatic hydroxyl groups is 1. The van der Waals surface area contributed by atoms with E-state index in [4.69, 9.17) is 14.2 Å². The Bertz CT molecular complexity index is 300. The maximum atomic E-state index is 9.53. The molecule has 4 nitrogen and oxygen atoms in total. The third kappa shape index (κ3) is 4.17. The second-order valence-electron chi connectivity index (χ2n) is 6.60. The molecule has 3 rings (SSSR count). The Kier molecular flexibility index (Phi) is 4.65. The molecule has 3 aliphatic rings. The molecule has 0 aromatic rings. The Hall–Kier alpha value is -0.160. The van der Waals surface area contributed by atoms with Crippen LogP contribution >= 0.6 is 0 Å². The molecular formula is C16H28O4. The maximum Gasteiger partial charge on any atom is 0.0842 e. The van der Waals surface area contributed by atoms with Crippen molar-refractivity contribution in [3.8, 4) is 0 Å². The number of aliphatic hydroxyl groups excluding tert-OH is 1. The number of hydrogen-bond donors (Lipinski definition) is 1. The molecule has 0 unspecified atom stereocenters. The first-order valence-corrected chi connectivity index (χ1v) is 8.31. The molecule has 3 heterocycles. The topological polar surface area (TPSA) is 57.8 Å². The van der Waals surface area contributed by atoms with Gasteiger partial charge >= 0.3 is 0 Å². The van der Waals surface area contributed by atoms with Crippen LogP contribution in [-0.4, -0.2) is 47.8 Å². The first-order valence-electron chi connectivity index (χ1n) is 8.31. The van der Waals surface area contributed by atoms with E-state index in [-0.39, 0.29) is 6.10 Å². The molecule has 3 aliphatic heterocycles. The highest BCUT2D eigenvalue weighted by molar-refractivity contribution is 4.92. The summed E-state index contributed by atoms with van der Waals surface area (Å²) in [5.41, 5.74) is 0. The summed E-state index contributed by atoms with van der Waals surface area (Å²) in [5.74, 6) is 0. The predicted molar refractivity (Wildman–Crippen MR) is 75.7 cm³/mol. The molecule has 116 valence electrons. The van der Waals surface area contributed by atoms with E-state index in [9.17, 15) is 5.11 Å². The summed E-state index contributed by atoms with van der Waals surface area (Å²) < 4.78 is 16.8. The predicted octanol–water partition coefficient (Wildman–Crippen LogP) is 2.42. The van der Waals surface area contributed by atoms with Gasteiger partial charge in [0.15, 0.2) is 0 Å². The lowest BCUT2D eigenvalue weighted by Gasteiger charge is -2.04. The number of rotatable bonds is 10. The highest BCUT2D eigenvalue weighted by atomic mass is 16.6. The lowest BCUT2D eigenvalue weighted by molar-refractivity contribution is 0.153. The van der Waals surface area contributed by atoms with E-state index < -0.39 is 0 Å². The lowest BCUT2D eigenvalue weighted by Crippen LogP contribution is -2.07. The van der Waals surface area contributed by atoms with Gasteiger partial charge in [-0.1, -0.05) is 6.92 Å². The van der Waals surface area contributed by atoms with Gasteiger partial charge in [0, 0.05) is 0 Å². The van der Waals surface area contributed by atoms with Crippen LogP contribution in [0, 0.1) is 0 Å². The Morgan fingerprint density at radius 1 is 0.800 bits per heavy atom. The number of epoxide rings is 3. The zero-order chi connectivity index (χ0) is 14.1. The molecule has 3 fully saturated rings. The fourth-order valence-corrected chi connectivity index (χ4v) is 3.12. The highest BCUT2D eigenvalue weighted by Crippen LogP contribution is 2.38. The smallest absolute Gasteiger partial charge is 0.0842 e. The summed E-state index contributed by atoms with van der Waals surface area (Å²) in [4.78, 5) is 0. The molecule has 4 heteroatoms. The van der Waals surface area contributed by atoms with Gasteiger partial charge in [0.2, 0.25) is 0 Å². The fourth-order valence-electron chi connectivity index (χ4n) is 3.12. The third-order valence-electron chi connectivity index (χ3n) is 4.94. The van der Waals surface area contributed by atoms with E-state index in [1.807, 2.05) is 6.92 Å². The summed E-state index contributed by atoms with van der Waals surface area (Å²) in [7, 11) is 0. The fraction of sp³-hybridized carbons (Fsp3) is 1.00. The standard InChI is InChI=1S/C16H28O4/c1-3-11(17)4-5-13-15(19-13)8-9-16-14(20-16)7-6-12-10(2)18-12/h10-17H,3-9H2,1-2H3/t10-,11+,12+,13+,14-,15-,16+/m0/s1. The minimum Gasteiger partial charge on any atom is -0.393 e. The van der Waals surface area contributed by atoms with Gasteiger partial charge in [-0.3, -0.25) is 0 Å². The molecule has 7 atom stereocenters. The van der Waals surface area contributed by atoms with E-state index in [0.717, 1.165) is 44.9 Å². The summed E-state index contributed by atoms with van der Waals surface area (Å²) in [5, 5.41) is 9.53. The molecule has 0 radical (unpaired) electrons. The first-order chi connectivity index (χ1) is 9.67. The molecular weight excluding hydrogens is 256 g/mol. The molecule has 0 aromatic heterocycles. The van der Waals surface area contributed by atoms with Crippen LogP contribution in [0.25, 0.3) is 0 Å². The van der Waals surface area contributed by atoms with Crippen LogP contribution in [-0.2, 0) is 14.2 Å². The van der Waals surface area contributed by atoms with Gasteiger partial charge in [0.1, 0.15) is 0 Å². The highest BCUT2D eigenvalue weighted by Gasteiger charge is 2.44. The summed E-state index contributed by atoms with van der Waals surface area (Å²) >= 11 is 0. The van der Waals surface area contributed by atoms with Crippen LogP contribution in [0.1, 0.15) is 58.8 Å². The molecule has 0 aromatic carbocycles. The van der Waals surface area contributed by atoms with E-state index in [1.54, 1.807) is 0 Å². The molecule has 0 aliphatic carbocycles. The molecule has 0 bridgehead atoms. The van der Waals surface area contributed by atoms with Crippen molar-refractivity contribution in [2.45, 2.75) is 102 Å². The van der Waals surface area contributed by atoms with Gasteiger partial charge in [-0.2, -0.15) is 0 Å². The first kappa shape index (κ1) is 14.8. The van der Waals surface area contributed by atoms with Gasteiger partial charge in [-0.05, 0) is 51.9 Å². The molecule has 20 heavy (non-hydrogen) atoms. The minimum absolute atomic E-state index is 0.150. The second-order valence-corrected chi connectivity index (χ2v) is 6.60. The Balaban J connectivity index is 1.18. The normalized spacial score (nSPS) is 43.4. The quantitative estimate of drug-likeness (QED) is 0.626. The average molecular weight is 284 g/mol. The van der Waals surface area contributed by atoms with Crippen LogP contribution in [0.4, 0.5) is 0 Å². The van der Waals surface area contributed by atoms with Crippen LogP contribution in [0.3, 0.4) is 0 Å². The van der Waals surface area contributed by atoms with Crippen LogP contribution in [0.2, 0.25) is 0 Å². The van der Waals surface area contributed by atoms with E-state index in [0.29, 0.717) is 36.6 Å².